The number of hydrogen-bond acceptors (Lipinski definition) is 7. The van der Waals surface area contributed by atoms with E-state index in [1.54, 1.807) is 16.7 Å². The molecule has 12 nitrogen and oxygen atoms in total. The van der Waals surface area contributed by atoms with Gasteiger partial charge in [-0.1, -0.05) is 42.5 Å². The van der Waals surface area contributed by atoms with E-state index in [4.69, 9.17) is 4.74 Å². The number of nitrogens with one attached hydrogen (secondary N) is 2. The highest BCUT2D eigenvalue weighted by Gasteiger charge is 2.20. The van der Waals surface area contributed by atoms with E-state index in [-0.39, 0.29) is 29.0 Å². The second kappa shape index (κ2) is 10.7. The lowest BCUT2D eigenvalue weighted by molar-refractivity contribution is -0.122. The van der Waals surface area contributed by atoms with Gasteiger partial charge in [-0.25, -0.2) is 14.3 Å². The van der Waals surface area contributed by atoms with E-state index in [1.807, 2.05) is 30.3 Å². The number of amides is 2. The number of para-hydroxylation sites is 1. The van der Waals surface area contributed by atoms with E-state index >= 15 is 0 Å². The summed E-state index contributed by atoms with van der Waals surface area (Å²) >= 11 is 0. The number of hydrazine groups is 1. The molecule has 36 heavy (non-hydrogen) atoms. The van der Waals surface area contributed by atoms with Crippen LogP contribution in [0.2, 0.25) is 0 Å². The Morgan fingerprint density at radius 2 is 1.72 bits per heavy atom. The van der Waals surface area contributed by atoms with E-state index in [1.165, 1.54) is 30.1 Å². The highest BCUT2D eigenvalue weighted by atomic mass is 16.5. The molecule has 2 heterocycles. The smallest absolute Gasteiger partial charge is 0.333 e. The Balaban J connectivity index is 1.66. The van der Waals surface area contributed by atoms with Gasteiger partial charge in [-0.2, -0.15) is 0 Å². The highest BCUT2D eigenvalue weighted by molar-refractivity contribution is 5.97. The van der Waals surface area contributed by atoms with Crippen molar-refractivity contribution in [2.75, 3.05) is 13.7 Å². The number of hydrogen-bond donors (Lipinski definition) is 3. The summed E-state index contributed by atoms with van der Waals surface area (Å²) in [4.78, 5) is 55.8. The van der Waals surface area contributed by atoms with E-state index in [0.717, 1.165) is 10.1 Å². The van der Waals surface area contributed by atoms with E-state index in [0.29, 0.717) is 13.2 Å². The molecule has 0 aliphatic heterocycles. The monoisotopic (exact) mass is 492 g/mol. The molecule has 4 aromatic rings. The maximum absolute atomic E-state index is 13.3. The third-order valence-electron chi connectivity index (χ3n) is 5.47. The average molecular weight is 492 g/mol. The quantitative estimate of drug-likeness (QED) is 0.298. The van der Waals surface area contributed by atoms with Crippen molar-refractivity contribution in [3.8, 4) is 5.75 Å². The first-order chi connectivity index (χ1) is 17.4. The topological polar surface area (TPSA) is 149 Å². The zero-order valence-electron chi connectivity index (χ0n) is 19.4. The molecule has 0 fully saturated rings. The Hall–Kier alpha value is -4.71. The van der Waals surface area contributed by atoms with Crippen LogP contribution in [0.4, 0.5) is 0 Å². The molecule has 0 unspecified atom stereocenters. The van der Waals surface area contributed by atoms with Crippen LogP contribution in [-0.4, -0.2) is 49.3 Å². The Labute approximate surface area is 204 Å². The Morgan fingerprint density at radius 1 is 1.00 bits per heavy atom. The van der Waals surface area contributed by atoms with Gasteiger partial charge in [0.25, 0.3) is 17.4 Å². The summed E-state index contributed by atoms with van der Waals surface area (Å²) in [6, 6.07) is 14.9. The first-order valence-corrected chi connectivity index (χ1v) is 11.0. The lowest BCUT2D eigenvalue weighted by atomic mass is 10.2. The lowest BCUT2D eigenvalue weighted by Gasteiger charge is -2.13. The second-order valence-corrected chi connectivity index (χ2v) is 7.87. The highest BCUT2D eigenvalue weighted by Crippen LogP contribution is 2.14. The van der Waals surface area contributed by atoms with Gasteiger partial charge in [0.05, 0.1) is 25.0 Å². The summed E-state index contributed by atoms with van der Waals surface area (Å²) in [7, 11) is 1.52. The number of aromatic nitrogens is 4. The molecule has 2 amide bonds. The number of ether oxygens (including phenoxy) is 1. The van der Waals surface area contributed by atoms with Gasteiger partial charge in [0.15, 0.2) is 11.2 Å². The van der Waals surface area contributed by atoms with Crippen LogP contribution in [-0.2, 0) is 29.2 Å². The standard InChI is InChI=1S/C24H24N6O6/c1-36-12-11-28-15-25-21-20(28)23(34)30(24(35)29(21)13-16-7-3-2-4-8-16)14-19(32)26-27-22(33)17-9-5-6-10-18(17)31/h2-10,15,31H,11-14H2,1H3,(H,26,32)(H,27,33). The van der Waals surface area contributed by atoms with Gasteiger partial charge in [0.1, 0.15) is 12.3 Å². The van der Waals surface area contributed by atoms with Gasteiger partial charge in [-0.15, -0.1) is 0 Å². The summed E-state index contributed by atoms with van der Waals surface area (Å²) in [5.74, 6) is -1.84. The van der Waals surface area contributed by atoms with E-state index < -0.39 is 29.6 Å². The van der Waals surface area contributed by atoms with Gasteiger partial charge in [-0.3, -0.25) is 29.8 Å². The molecule has 12 heteroatoms. The van der Waals surface area contributed by atoms with E-state index in [9.17, 15) is 24.3 Å². The van der Waals surface area contributed by atoms with Crippen molar-refractivity contribution < 1.29 is 19.4 Å². The molecule has 0 saturated heterocycles. The number of benzene rings is 2. The summed E-state index contributed by atoms with van der Waals surface area (Å²) in [5, 5.41) is 9.79. The van der Waals surface area contributed by atoms with Crippen LogP contribution in [0.15, 0.2) is 70.5 Å². The molecule has 4 rings (SSSR count). The number of rotatable bonds is 8. The zero-order chi connectivity index (χ0) is 25.7. The van der Waals surface area contributed by atoms with Crippen LogP contribution in [0, 0.1) is 0 Å². The molecule has 2 aromatic carbocycles. The molecule has 0 bridgehead atoms. The number of fused-ring (bicyclic) bond motifs is 1. The van der Waals surface area contributed by atoms with Crippen molar-refractivity contribution in [3.63, 3.8) is 0 Å². The normalized spacial score (nSPS) is 10.9. The van der Waals surface area contributed by atoms with Gasteiger partial charge in [0, 0.05) is 13.7 Å². The minimum Gasteiger partial charge on any atom is -0.507 e. The van der Waals surface area contributed by atoms with Crippen molar-refractivity contribution in [1.82, 2.24) is 29.5 Å². The maximum Gasteiger partial charge on any atom is 0.333 e. The van der Waals surface area contributed by atoms with Crippen molar-refractivity contribution in [2.24, 2.45) is 0 Å². The van der Waals surface area contributed by atoms with Crippen molar-refractivity contribution in [3.05, 3.63) is 92.9 Å². The van der Waals surface area contributed by atoms with Gasteiger partial charge in [-0.05, 0) is 17.7 Å². The van der Waals surface area contributed by atoms with Crippen LogP contribution >= 0.6 is 0 Å². The molecule has 186 valence electrons. The van der Waals surface area contributed by atoms with Crippen molar-refractivity contribution in [1.29, 1.82) is 0 Å². The van der Waals surface area contributed by atoms with Crippen molar-refractivity contribution >= 4 is 23.0 Å². The largest absolute Gasteiger partial charge is 0.507 e. The molecule has 3 N–H and O–H groups in total. The Bertz CT molecular complexity index is 1520. The average Bonchev–Trinajstić information content (AvgIpc) is 3.31. The van der Waals surface area contributed by atoms with Crippen molar-refractivity contribution in [2.45, 2.75) is 19.6 Å². The fourth-order valence-corrected chi connectivity index (χ4v) is 3.69. The van der Waals surface area contributed by atoms with Crippen LogP contribution in [0.25, 0.3) is 11.2 Å². The molecule has 0 radical (unpaired) electrons. The second-order valence-electron chi connectivity index (χ2n) is 7.87. The number of carbonyl (C=O) groups is 2. The molecule has 0 aliphatic carbocycles. The maximum atomic E-state index is 13.3. The number of phenols is 1. The molecule has 0 aliphatic rings. The Morgan fingerprint density at radius 3 is 2.44 bits per heavy atom. The van der Waals surface area contributed by atoms with Gasteiger partial charge in [0.2, 0.25) is 0 Å². The SMILES string of the molecule is COCCn1cnc2c1c(=O)n(CC(=O)NNC(=O)c1ccccc1O)c(=O)n2Cc1ccccc1. The molecular weight excluding hydrogens is 468 g/mol. The molecule has 0 saturated carbocycles. The number of methoxy groups -OCH3 is 1. The van der Waals surface area contributed by atoms with Crippen LogP contribution in [0.3, 0.4) is 0 Å². The third-order valence-corrected chi connectivity index (χ3v) is 5.47. The summed E-state index contributed by atoms with van der Waals surface area (Å²) in [6.07, 6.45) is 1.45. The van der Waals surface area contributed by atoms with Crippen LogP contribution in [0.5, 0.6) is 5.75 Å². The minimum absolute atomic E-state index is 0.0522. The first kappa shape index (κ1) is 24.4. The Kier molecular flexibility index (Phi) is 7.25. The van der Waals surface area contributed by atoms with Crippen LogP contribution in [0.1, 0.15) is 15.9 Å². The lowest BCUT2D eigenvalue weighted by Crippen LogP contribution is -2.48. The molecule has 0 atom stereocenters. The summed E-state index contributed by atoms with van der Waals surface area (Å²) in [6.45, 7) is 0.0957. The molecular formula is C24H24N6O6. The number of carbonyl (C=O) groups excluding carboxylic acids is 2. The fraction of sp³-hybridized carbons (Fsp3) is 0.208. The third kappa shape index (κ3) is 5.03. The number of nitrogens with zero attached hydrogens (tertiary/aromatic N) is 4. The number of aromatic hydroxyl groups is 1. The van der Waals surface area contributed by atoms with E-state index in [2.05, 4.69) is 15.8 Å². The number of imidazole rings is 1. The minimum atomic E-state index is -0.813. The van der Waals surface area contributed by atoms with Gasteiger partial charge >= 0.3 is 5.69 Å². The van der Waals surface area contributed by atoms with Crippen LogP contribution < -0.4 is 22.1 Å². The predicted molar refractivity (Wildman–Crippen MR) is 129 cm³/mol. The zero-order valence-corrected chi connectivity index (χ0v) is 19.4. The van der Waals surface area contributed by atoms with Gasteiger partial charge < -0.3 is 14.4 Å². The molecule has 0 spiro atoms. The predicted octanol–water partition coefficient (Wildman–Crippen LogP) is 0.221. The summed E-state index contributed by atoms with van der Waals surface area (Å²) < 4.78 is 8.78. The first-order valence-electron chi connectivity index (χ1n) is 11.0. The fourth-order valence-electron chi connectivity index (χ4n) is 3.69. The molecule has 2 aromatic heterocycles. The number of phenolic OH excluding ortho intramolecular Hbond substituents is 1. The summed E-state index contributed by atoms with van der Waals surface area (Å²) in [5.41, 5.74) is 4.00.